The molecular weight excluding hydrogens is 241 g/mol. The number of hydrogen-bond donors (Lipinski definition) is 1. The van der Waals surface area contributed by atoms with Gasteiger partial charge in [-0.25, -0.2) is 4.39 Å². The van der Waals surface area contributed by atoms with E-state index in [2.05, 4.69) is 12.2 Å². The molecule has 0 amide bonds. The molecule has 2 nitrogen and oxygen atoms in total. The number of ether oxygens (including phenoxy) is 1. The van der Waals surface area contributed by atoms with Crippen LogP contribution >= 0.6 is 0 Å². The van der Waals surface area contributed by atoms with Crippen LogP contribution in [0, 0.1) is 5.82 Å². The summed E-state index contributed by atoms with van der Waals surface area (Å²) in [5.41, 5.74) is 6.82. The van der Waals surface area contributed by atoms with E-state index in [1.165, 1.54) is 6.07 Å². The topological polar surface area (TPSA) is 35.2 Å². The molecule has 2 N–H and O–H groups in total. The lowest BCUT2D eigenvalue weighted by Crippen LogP contribution is -2.21. The van der Waals surface area contributed by atoms with E-state index in [-0.39, 0.29) is 18.0 Å². The summed E-state index contributed by atoms with van der Waals surface area (Å²) in [7, 11) is 0. The molecular formula is C16H22FNO. The van der Waals surface area contributed by atoms with Gasteiger partial charge in [-0.3, -0.25) is 0 Å². The maximum atomic E-state index is 13.6. The number of benzene rings is 1. The standard InChI is InChI=1S/C16H22FNO/c1-2-14(18)9-12-8-13(17)11-16(10-12)19-15-6-4-3-5-7-15/h4,6,8,10-11,14-15H,2-3,5,7,9,18H2,1H3. The lowest BCUT2D eigenvalue weighted by atomic mass is 10.0. The molecule has 2 unspecified atom stereocenters. The van der Waals surface area contributed by atoms with E-state index in [1.54, 1.807) is 6.07 Å². The normalized spacial score (nSPS) is 20.3. The van der Waals surface area contributed by atoms with E-state index in [4.69, 9.17) is 10.5 Å². The molecule has 0 aliphatic heterocycles. The Hall–Kier alpha value is -1.35. The van der Waals surface area contributed by atoms with E-state index in [0.717, 1.165) is 31.2 Å². The van der Waals surface area contributed by atoms with Crippen LogP contribution in [0.1, 0.15) is 38.2 Å². The van der Waals surface area contributed by atoms with Crippen LogP contribution in [0.4, 0.5) is 4.39 Å². The van der Waals surface area contributed by atoms with Gasteiger partial charge in [0.2, 0.25) is 0 Å². The lowest BCUT2D eigenvalue weighted by Gasteiger charge is -2.19. The van der Waals surface area contributed by atoms with Gasteiger partial charge in [-0.2, -0.15) is 0 Å². The van der Waals surface area contributed by atoms with Gasteiger partial charge in [0.1, 0.15) is 17.7 Å². The van der Waals surface area contributed by atoms with Crippen molar-refractivity contribution in [2.75, 3.05) is 0 Å². The van der Waals surface area contributed by atoms with Crippen molar-refractivity contribution in [1.82, 2.24) is 0 Å². The third kappa shape index (κ3) is 4.35. The minimum absolute atomic E-state index is 0.0725. The summed E-state index contributed by atoms with van der Waals surface area (Å²) in [6.45, 7) is 2.04. The molecule has 0 aromatic heterocycles. The summed E-state index contributed by atoms with van der Waals surface area (Å²) < 4.78 is 19.4. The van der Waals surface area contributed by atoms with Crippen LogP contribution in [0.25, 0.3) is 0 Å². The highest BCUT2D eigenvalue weighted by Crippen LogP contribution is 2.22. The minimum Gasteiger partial charge on any atom is -0.486 e. The SMILES string of the molecule is CCC(N)Cc1cc(F)cc(OC2C=CCCC2)c1. The fourth-order valence-electron chi connectivity index (χ4n) is 2.31. The molecule has 1 aromatic rings. The van der Waals surface area contributed by atoms with Crippen molar-refractivity contribution < 1.29 is 9.13 Å². The summed E-state index contributed by atoms with van der Waals surface area (Å²) >= 11 is 0. The average Bonchev–Trinajstić information content (AvgIpc) is 2.39. The number of nitrogens with two attached hydrogens (primary N) is 1. The molecule has 1 aliphatic rings. The van der Waals surface area contributed by atoms with Gasteiger partial charge in [0.15, 0.2) is 0 Å². The Balaban J connectivity index is 2.07. The Kier molecular flexibility index (Phi) is 4.97. The van der Waals surface area contributed by atoms with Crippen LogP contribution in [-0.2, 0) is 6.42 Å². The van der Waals surface area contributed by atoms with Gasteiger partial charge in [0.05, 0.1) is 0 Å². The van der Waals surface area contributed by atoms with Crippen molar-refractivity contribution in [2.24, 2.45) is 5.73 Å². The van der Waals surface area contributed by atoms with Crippen LogP contribution in [0.3, 0.4) is 0 Å². The Bertz CT molecular complexity index is 444. The highest BCUT2D eigenvalue weighted by atomic mass is 19.1. The average molecular weight is 263 g/mol. The maximum absolute atomic E-state index is 13.6. The van der Waals surface area contributed by atoms with Gasteiger partial charge in [0, 0.05) is 12.1 Å². The summed E-state index contributed by atoms with van der Waals surface area (Å²) in [6, 6.07) is 4.97. The van der Waals surface area contributed by atoms with E-state index >= 15 is 0 Å². The van der Waals surface area contributed by atoms with Gasteiger partial charge in [-0.1, -0.05) is 13.0 Å². The van der Waals surface area contributed by atoms with Gasteiger partial charge >= 0.3 is 0 Å². The molecule has 1 aliphatic carbocycles. The number of halogens is 1. The van der Waals surface area contributed by atoms with Crippen molar-refractivity contribution >= 4 is 0 Å². The first-order chi connectivity index (χ1) is 9.17. The predicted octanol–water partition coefficient (Wildman–Crippen LogP) is 3.59. The Morgan fingerprint density at radius 3 is 2.95 bits per heavy atom. The molecule has 104 valence electrons. The Morgan fingerprint density at radius 1 is 1.42 bits per heavy atom. The molecule has 0 saturated heterocycles. The highest BCUT2D eigenvalue weighted by molar-refractivity contribution is 5.30. The second kappa shape index (κ2) is 6.71. The number of allylic oxidation sites excluding steroid dienone is 1. The van der Waals surface area contributed by atoms with E-state index in [9.17, 15) is 4.39 Å². The summed E-state index contributed by atoms with van der Waals surface area (Å²) in [4.78, 5) is 0. The lowest BCUT2D eigenvalue weighted by molar-refractivity contribution is 0.229. The second-order valence-electron chi connectivity index (χ2n) is 5.18. The molecule has 0 saturated carbocycles. The molecule has 0 fully saturated rings. The van der Waals surface area contributed by atoms with Gasteiger partial charge in [-0.05, 0) is 55.9 Å². The highest BCUT2D eigenvalue weighted by Gasteiger charge is 2.12. The maximum Gasteiger partial charge on any atom is 0.127 e. The molecule has 2 atom stereocenters. The largest absolute Gasteiger partial charge is 0.486 e. The monoisotopic (exact) mass is 263 g/mol. The van der Waals surface area contributed by atoms with Crippen molar-refractivity contribution in [3.63, 3.8) is 0 Å². The van der Waals surface area contributed by atoms with Crippen LogP contribution in [0.15, 0.2) is 30.4 Å². The van der Waals surface area contributed by atoms with Gasteiger partial charge < -0.3 is 10.5 Å². The third-order valence-corrected chi connectivity index (χ3v) is 3.45. The summed E-state index contributed by atoms with van der Waals surface area (Å²) in [5, 5.41) is 0. The van der Waals surface area contributed by atoms with Crippen molar-refractivity contribution in [1.29, 1.82) is 0 Å². The van der Waals surface area contributed by atoms with Crippen molar-refractivity contribution in [2.45, 2.75) is 51.2 Å². The zero-order valence-electron chi connectivity index (χ0n) is 11.4. The van der Waals surface area contributed by atoms with E-state index in [1.807, 2.05) is 13.0 Å². The van der Waals surface area contributed by atoms with Crippen molar-refractivity contribution in [3.8, 4) is 5.75 Å². The van der Waals surface area contributed by atoms with Crippen LogP contribution in [-0.4, -0.2) is 12.1 Å². The quantitative estimate of drug-likeness (QED) is 0.824. The number of rotatable bonds is 5. The zero-order chi connectivity index (χ0) is 13.7. The Morgan fingerprint density at radius 2 is 2.26 bits per heavy atom. The molecule has 0 bridgehead atoms. The molecule has 0 spiro atoms. The molecule has 1 aromatic carbocycles. The van der Waals surface area contributed by atoms with Crippen LogP contribution in [0.5, 0.6) is 5.75 Å². The molecule has 3 heteroatoms. The number of hydrogen-bond acceptors (Lipinski definition) is 2. The zero-order valence-corrected chi connectivity index (χ0v) is 11.4. The fourth-order valence-corrected chi connectivity index (χ4v) is 2.31. The molecule has 0 heterocycles. The molecule has 2 rings (SSSR count). The first-order valence-corrected chi connectivity index (χ1v) is 7.05. The summed E-state index contributed by atoms with van der Waals surface area (Å²) in [6.07, 6.45) is 9.07. The predicted molar refractivity (Wildman–Crippen MR) is 75.8 cm³/mol. The first-order valence-electron chi connectivity index (χ1n) is 7.05. The van der Waals surface area contributed by atoms with Crippen LogP contribution in [0.2, 0.25) is 0 Å². The van der Waals surface area contributed by atoms with Gasteiger partial charge in [0.25, 0.3) is 0 Å². The van der Waals surface area contributed by atoms with E-state index in [0.29, 0.717) is 12.2 Å². The first kappa shape index (κ1) is 14.1. The Labute approximate surface area is 114 Å². The fraction of sp³-hybridized carbons (Fsp3) is 0.500. The molecule has 19 heavy (non-hydrogen) atoms. The second-order valence-corrected chi connectivity index (χ2v) is 5.18. The minimum atomic E-state index is -0.254. The van der Waals surface area contributed by atoms with E-state index < -0.39 is 0 Å². The smallest absolute Gasteiger partial charge is 0.127 e. The van der Waals surface area contributed by atoms with Crippen molar-refractivity contribution in [3.05, 3.63) is 41.7 Å². The summed E-state index contributed by atoms with van der Waals surface area (Å²) in [5.74, 6) is 0.352. The van der Waals surface area contributed by atoms with Crippen LogP contribution < -0.4 is 10.5 Å². The van der Waals surface area contributed by atoms with Gasteiger partial charge in [-0.15, -0.1) is 0 Å². The third-order valence-electron chi connectivity index (χ3n) is 3.45. The molecule has 0 radical (unpaired) electrons.